The molecule has 0 radical (unpaired) electrons. The van der Waals surface area contributed by atoms with Crippen LogP contribution in [-0.4, -0.2) is 34.6 Å². The van der Waals surface area contributed by atoms with Crippen molar-refractivity contribution in [3.05, 3.63) is 111 Å². The molecule has 0 aliphatic rings. The second-order valence-electron chi connectivity index (χ2n) is 9.79. The van der Waals surface area contributed by atoms with Gasteiger partial charge in [-0.05, 0) is 55.9 Å². The Kier molecular flexibility index (Phi) is 11.4. The van der Waals surface area contributed by atoms with Gasteiger partial charge < -0.3 is 0 Å². The van der Waals surface area contributed by atoms with Crippen LogP contribution in [0.2, 0.25) is 10.0 Å². The van der Waals surface area contributed by atoms with Gasteiger partial charge in [-0.15, -0.1) is 11.8 Å². The van der Waals surface area contributed by atoms with Gasteiger partial charge in [-0.25, -0.2) is 27.5 Å². The van der Waals surface area contributed by atoms with Crippen molar-refractivity contribution >= 4 is 68.3 Å². The molecule has 0 atom stereocenters. The lowest BCUT2D eigenvalue weighted by Crippen LogP contribution is -1.96. The summed E-state index contributed by atoms with van der Waals surface area (Å²) in [6.07, 6.45) is 8.72. The highest BCUT2D eigenvalue weighted by atomic mass is 35.5. The van der Waals surface area contributed by atoms with Gasteiger partial charge in [-0.2, -0.15) is 8.42 Å². The van der Waals surface area contributed by atoms with Crippen LogP contribution in [0.25, 0.3) is 44.3 Å². The van der Waals surface area contributed by atoms with E-state index in [4.69, 9.17) is 31.6 Å². The number of thioether (sulfide) groups is 1. The van der Waals surface area contributed by atoms with Gasteiger partial charge in [0, 0.05) is 65.1 Å². The number of hydrogen-bond donors (Lipinski definition) is 0. The van der Waals surface area contributed by atoms with Crippen molar-refractivity contribution in [3.63, 3.8) is 0 Å². The molecule has 0 spiro atoms. The Morgan fingerprint density at radius 2 is 1.07 bits per heavy atom. The highest BCUT2D eigenvalue weighted by molar-refractivity contribution is 7.98. The maximum absolute atomic E-state index is 14.0. The number of aromatic nitrogens is 4. The van der Waals surface area contributed by atoms with E-state index < -0.39 is 34.8 Å². The van der Waals surface area contributed by atoms with Crippen molar-refractivity contribution in [2.24, 2.45) is 0 Å². The monoisotopic (exact) mass is 704 g/mol. The second kappa shape index (κ2) is 15.1. The molecule has 6 nitrogen and oxygen atoms in total. The third-order valence-electron chi connectivity index (χ3n) is 6.71. The van der Waals surface area contributed by atoms with Gasteiger partial charge >= 0.3 is 11.6 Å². The minimum absolute atomic E-state index is 0.137. The van der Waals surface area contributed by atoms with Crippen molar-refractivity contribution in [2.75, 3.05) is 6.26 Å². The summed E-state index contributed by atoms with van der Waals surface area (Å²) in [5, 5.41) is 0.763. The van der Waals surface area contributed by atoms with Crippen molar-refractivity contribution in [1.82, 2.24) is 19.9 Å². The fourth-order valence-electron chi connectivity index (χ4n) is 4.63. The van der Waals surface area contributed by atoms with Gasteiger partial charge in [0.2, 0.25) is 0 Å². The second-order valence-corrected chi connectivity index (χ2v) is 11.6. The zero-order valence-electron chi connectivity index (χ0n) is 24.5. The Hall–Kier alpha value is -3.97. The predicted molar refractivity (Wildman–Crippen MR) is 175 cm³/mol. The molecule has 0 fully saturated rings. The van der Waals surface area contributed by atoms with Crippen LogP contribution in [0.3, 0.4) is 0 Å². The van der Waals surface area contributed by atoms with E-state index in [0.717, 1.165) is 33.7 Å². The maximum Gasteiger partial charge on any atom is 0.335 e. The van der Waals surface area contributed by atoms with Gasteiger partial charge in [0.05, 0.1) is 43.2 Å². The molecule has 0 aliphatic heterocycles. The number of benzene rings is 2. The first-order valence-corrected chi connectivity index (χ1v) is 15.8. The van der Waals surface area contributed by atoms with Crippen LogP contribution < -0.4 is 0 Å². The summed E-state index contributed by atoms with van der Waals surface area (Å²) in [6, 6.07) is 7.80. The van der Waals surface area contributed by atoms with E-state index in [0.29, 0.717) is 22.5 Å². The summed E-state index contributed by atoms with van der Waals surface area (Å²) in [5.41, 5.74) is 5.31. The van der Waals surface area contributed by atoms with Gasteiger partial charge in [0.1, 0.15) is 23.3 Å². The van der Waals surface area contributed by atoms with E-state index in [2.05, 4.69) is 19.9 Å². The summed E-state index contributed by atoms with van der Waals surface area (Å²) >= 11 is 13.3. The van der Waals surface area contributed by atoms with Crippen LogP contribution in [0, 0.1) is 44.0 Å². The summed E-state index contributed by atoms with van der Waals surface area (Å²) in [6.45, 7) is 5.43. The lowest BCUT2D eigenvalue weighted by molar-refractivity contribution is 0.590. The van der Waals surface area contributed by atoms with E-state index >= 15 is 0 Å². The molecule has 0 amide bonds. The highest BCUT2D eigenvalue weighted by Crippen LogP contribution is 2.36. The van der Waals surface area contributed by atoms with Crippen LogP contribution in [0.4, 0.5) is 17.6 Å². The molecular weight excluding hydrogens is 683 g/mol. The van der Waals surface area contributed by atoms with Gasteiger partial charge in [0.15, 0.2) is 0 Å². The number of pyridine rings is 4. The molecule has 2 aromatic carbocycles. The minimum Gasteiger partial charge on any atom is -0.264 e. The highest BCUT2D eigenvalue weighted by Gasteiger charge is 2.18. The number of halogens is 6. The summed E-state index contributed by atoms with van der Waals surface area (Å²) in [5.74, 6) is -2.78. The molecule has 6 aromatic rings. The standard InChI is InChI=1S/C16H11ClF2N2S.C16H11ClF2N2.O2S/c1-8-15(17)14-12(19)4-10(18)5-13(14)21-16(8)9-3-11(22-2)7-20-6-9;1-8-3-10(7-20-6-8)16-9(2)15(17)14-12(19)4-11(18)5-13(14)21-16;1-3-2/h3-7H,1-2H3;3-7H,1-2H3;. The van der Waals surface area contributed by atoms with Crippen LogP contribution in [0.5, 0.6) is 0 Å². The summed E-state index contributed by atoms with van der Waals surface area (Å²) in [7, 11) is 0. The maximum atomic E-state index is 14.0. The topological polar surface area (TPSA) is 85.7 Å². The van der Waals surface area contributed by atoms with Crippen LogP contribution in [-0.2, 0) is 11.6 Å². The van der Waals surface area contributed by atoms with Crippen molar-refractivity contribution in [3.8, 4) is 22.5 Å². The van der Waals surface area contributed by atoms with E-state index in [1.165, 1.54) is 12.1 Å². The zero-order chi connectivity index (χ0) is 33.7. The lowest BCUT2D eigenvalue weighted by atomic mass is 10.0. The smallest absolute Gasteiger partial charge is 0.264 e. The summed E-state index contributed by atoms with van der Waals surface area (Å²) < 4.78 is 71.3. The van der Waals surface area contributed by atoms with E-state index in [1.807, 2.05) is 25.3 Å². The molecule has 14 heteroatoms. The number of aryl methyl sites for hydroxylation is 1. The van der Waals surface area contributed by atoms with Gasteiger partial charge in [-0.1, -0.05) is 23.2 Å². The quantitative estimate of drug-likeness (QED) is 0.134. The first-order chi connectivity index (χ1) is 21.9. The van der Waals surface area contributed by atoms with Crippen LogP contribution in [0.1, 0.15) is 16.7 Å². The number of nitrogens with zero attached hydrogens (tertiary/aromatic N) is 4. The Labute approximate surface area is 278 Å². The van der Waals surface area contributed by atoms with E-state index in [9.17, 15) is 17.6 Å². The van der Waals surface area contributed by atoms with Crippen LogP contribution in [0.15, 0.2) is 66.1 Å². The average Bonchev–Trinajstić information content (AvgIpc) is 3.00. The van der Waals surface area contributed by atoms with E-state index in [1.54, 1.807) is 50.4 Å². The third kappa shape index (κ3) is 7.52. The fourth-order valence-corrected chi connectivity index (χ4v) is 5.59. The van der Waals surface area contributed by atoms with Crippen molar-refractivity contribution in [1.29, 1.82) is 0 Å². The molecule has 4 aromatic heterocycles. The van der Waals surface area contributed by atoms with Gasteiger partial charge in [-0.3, -0.25) is 9.97 Å². The Morgan fingerprint density at radius 3 is 1.50 bits per heavy atom. The zero-order valence-corrected chi connectivity index (χ0v) is 27.6. The molecule has 0 unspecified atom stereocenters. The summed E-state index contributed by atoms with van der Waals surface area (Å²) in [4.78, 5) is 18.0. The molecule has 236 valence electrons. The SMILES string of the molecule is CSc1cncc(-c2nc3cc(F)cc(F)c3c(Cl)c2C)c1.Cc1cncc(-c2nc3cc(F)cc(F)c3c(Cl)c2C)c1.O=S=O. The lowest BCUT2D eigenvalue weighted by Gasteiger charge is -2.11. The molecule has 0 saturated carbocycles. The van der Waals surface area contributed by atoms with Gasteiger partial charge in [0.25, 0.3) is 0 Å². The average molecular weight is 706 g/mol. The first kappa shape index (κ1) is 34.9. The first-order valence-electron chi connectivity index (χ1n) is 13.1. The Bertz CT molecular complexity index is 2150. The molecule has 4 heterocycles. The molecule has 0 bridgehead atoms. The molecule has 0 aliphatic carbocycles. The van der Waals surface area contributed by atoms with Crippen molar-refractivity contribution in [2.45, 2.75) is 25.7 Å². The minimum atomic E-state index is -0.750. The number of hydrogen-bond acceptors (Lipinski definition) is 7. The molecule has 46 heavy (non-hydrogen) atoms. The number of rotatable bonds is 3. The molecular formula is C32H22Cl2F4N4O2S2. The Balaban J connectivity index is 0.000000193. The Morgan fingerprint density at radius 1 is 0.630 bits per heavy atom. The third-order valence-corrected chi connectivity index (χ3v) is 8.35. The fraction of sp³-hybridized carbons (Fsp3) is 0.125. The largest absolute Gasteiger partial charge is 0.335 e. The van der Waals surface area contributed by atoms with E-state index in [-0.39, 0.29) is 31.9 Å². The normalized spacial score (nSPS) is 10.7. The molecule has 0 N–H and O–H groups in total. The molecule has 6 rings (SSSR count). The number of fused-ring (bicyclic) bond motifs is 2. The van der Waals surface area contributed by atoms with Crippen molar-refractivity contribution < 1.29 is 26.0 Å². The van der Waals surface area contributed by atoms with Crippen LogP contribution >= 0.6 is 35.0 Å². The predicted octanol–water partition coefficient (Wildman–Crippen LogP) is 9.43. The molecule has 0 saturated heterocycles.